The molecule has 2 aromatic rings. The summed E-state index contributed by atoms with van der Waals surface area (Å²) in [6.07, 6.45) is 15.6. The summed E-state index contributed by atoms with van der Waals surface area (Å²) >= 11 is 0. The molecule has 0 bridgehead atoms. The molecule has 0 heterocycles. The van der Waals surface area contributed by atoms with E-state index in [9.17, 15) is 4.79 Å². The third-order valence-corrected chi connectivity index (χ3v) is 6.62. The highest BCUT2D eigenvalue weighted by Crippen LogP contribution is 2.32. The molecule has 1 atom stereocenters. The number of hydrogen-bond donors (Lipinski definition) is 0. The topological polar surface area (TPSA) is 35.5 Å². The minimum Gasteiger partial charge on any atom is -0.493 e. The second-order valence-corrected chi connectivity index (χ2v) is 9.67. The third kappa shape index (κ3) is 12.1. The summed E-state index contributed by atoms with van der Waals surface area (Å²) < 4.78 is 11.3. The molecule has 0 aliphatic carbocycles. The Morgan fingerprint density at radius 3 is 2.06 bits per heavy atom. The maximum absolute atomic E-state index is 11.0. The van der Waals surface area contributed by atoms with E-state index < -0.39 is 0 Å². The Bertz CT molecular complexity index is 843. The maximum atomic E-state index is 11.0. The van der Waals surface area contributed by atoms with Crippen molar-refractivity contribution in [3.63, 3.8) is 0 Å². The van der Waals surface area contributed by atoms with Crippen molar-refractivity contribution in [1.29, 1.82) is 0 Å². The van der Waals surface area contributed by atoms with Crippen LogP contribution in [0.1, 0.15) is 90.0 Å². The molecule has 0 N–H and O–H groups in total. The Kier molecular flexibility index (Phi) is 14.6. The van der Waals surface area contributed by atoms with Crippen LogP contribution in [0.2, 0.25) is 0 Å². The zero-order valence-corrected chi connectivity index (χ0v) is 22.1. The van der Waals surface area contributed by atoms with Crippen molar-refractivity contribution in [1.82, 2.24) is 0 Å². The van der Waals surface area contributed by atoms with E-state index in [4.69, 9.17) is 9.47 Å². The van der Waals surface area contributed by atoms with Gasteiger partial charge >= 0.3 is 5.97 Å². The summed E-state index contributed by atoms with van der Waals surface area (Å²) in [7, 11) is 0. The molecular weight excluding hydrogens is 432 g/mol. The lowest BCUT2D eigenvalue weighted by atomic mass is 9.96. The van der Waals surface area contributed by atoms with Gasteiger partial charge in [0.2, 0.25) is 0 Å². The van der Waals surface area contributed by atoms with Gasteiger partial charge in [-0.1, -0.05) is 121 Å². The van der Waals surface area contributed by atoms with Gasteiger partial charge in [0.15, 0.2) is 0 Å². The molecule has 0 radical (unpaired) electrons. The number of unbranched alkanes of at least 4 members (excludes halogenated alkanes) is 9. The van der Waals surface area contributed by atoms with Crippen LogP contribution in [0.25, 0.3) is 11.1 Å². The van der Waals surface area contributed by atoms with Crippen molar-refractivity contribution in [3.8, 4) is 16.9 Å². The predicted molar refractivity (Wildman–Crippen MR) is 148 cm³/mol. The molecule has 1 unspecified atom stereocenters. The van der Waals surface area contributed by atoms with Crippen LogP contribution in [-0.4, -0.2) is 19.2 Å². The second kappa shape index (κ2) is 17.8. The second-order valence-electron chi connectivity index (χ2n) is 9.67. The summed E-state index contributed by atoms with van der Waals surface area (Å²) in [4.78, 5) is 11.0. The first-order valence-electron chi connectivity index (χ1n) is 13.7. The molecule has 192 valence electrons. The third-order valence-electron chi connectivity index (χ3n) is 6.62. The molecule has 35 heavy (non-hydrogen) atoms. The van der Waals surface area contributed by atoms with Crippen LogP contribution in [0.3, 0.4) is 0 Å². The lowest BCUT2D eigenvalue weighted by molar-refractivity contribution is -0.137. The van der Waals surface area contributed by atoms with Gasteiger partial charge in [0, 0.05) is 11.6 Å². The van der Waals surface area contributed by atoms with Crippen LogP contribution in [0.15, 0.2) is 61.2 Å². The molecule has 0 spiro atoms. The number of carbonyl (C=O) groups excluding carboxylic acids is 1. The van der Waals surface area contributed by atoms with E-state index in [1.165, 1.54) is 74.1 Å². The molecule has 0 aliphatic rings. The van der Waals surface area contributed by atoms with E-state index in [1.54, 1.807) is 0 Å². The fourth-order valence-electron chi connectivity index (χ4n) is 4.25. The van der Waals surface area contributed by atoms with E-state index in [-0.39, 0.29) is 5.97 Å². The molecule has 3 nitrogen and oxygen atoms in total. The van der Waals surface area contributed by atoms with Crippen molar-refractivity contribution < 1.29 is 14.3 Å². The van der Waals surface area contributed by atoms with E-state index >= 15 is 0 Å². The Morgan fingerprint density at radius 2 is 1.46 bits per heavy atom. The van der Waals surface area contributed by atoms with E-state index in [0.717, 1.165) is 38.0 Å². The van der Waals surface area contributed by atoms with Gasteiger partial charge in [0.25, 0.3) is 0 Å². The summed E-state index contributed by atoms with van der Waals surface area (Å²) in [6.45, 7) is 9.27. The molecule has 3 heteroatoms. The minimum absolute atomic E-state index is 0.317. The van der Waals surface area contributed by atoms with Crippen molar-refractivity contribution in [2.45, 2.75) is 90.9 Å². The van der Waals surface area contributed by atoms with Gasteiger partial charge < -0.3 is 9.47 Å². The monoisotopic (exact) mass is 478 g/mol. The van der Waals surface area contributed by atoms with Gasteiger partial charge in [-0.25, -0.2) is 4.79 Å². The minimum atomic E-state index is -0.317. The van der Waals surface area contributed by atoms with Gasteiger partial charge in [0.1, 0.15) is 5.75 Å². The van der Waals surface area contributed by atoms with Crippen LogP contribution in [0, 0.1) is 5.92 Å². The molecule has 2 rings (SSSR count). The molecule has 0 aromatic heterocycles. The first-order chi connectivity index (χ1) is 17.1. The quantitative estimate of drug-likeness (QED) is 0.115. The molecule has 0 saturated carbocycles. The summed E-state index contributed by atoms with van der Waals surface area (Å²) in [6, 6.07) is 17.3. The summed E-state index contributed by atoms with van der Waals surface area (Å²) in [5.41, 5.74) is 3.78. The van der Waals surface area contributed by atoms with Gasteiger partial charge in [-0.15, -0.1) is 0 Å². The summed E-state index contributed by atoms with van der Waals surface area (Å²) in [5.74, 6) is 1.39. The van der Waals surface area contributed by atoms with Crippen LogP contribution in [0.5, 0.6) is 5.75 Å². The number of hydrogen-bond acceptors (Lipinski definition) is 3. The Labute approximate surface area is 213 Å². The van der Waals surface area contributed by atoms with Gasteiger partial charge in [0.05, 0.1) is 13.2 Å². The smallest absolute Gasteiger partial charge is 0.330 e. The lowest BCUT2D eigenvalue weighted by Gasteiger charge is -2.15. The van der Waals surface area contributed by atoms with Crippen molar-refractivity contribution >= 4 is 5.97 Å². The van der Waals surface area contributed by atoms with Crippen LogP contribution >= 0.6 is 0 Å². The van der Waals surface area contributed by atoms with Gasteiger partial charge in [-0.3, -0.25) is 0 Å². The predicted octanol–water partition coefficient (Wildman–Crippen LogP) is 8.95. The largest absolute Gasteiger partial charge is 0.493 e. The standard InChI is InChI=1S/C32H46O3/c1-4-27(3)25-28-21-22-30(29-19-15-14-16-20-29)31(26-28)34-23-17-12-10-8-6-7-9-11-13-18-24-35-32(33)5-2/h5,14-16,19-22,26-27H,2,4,6-13,17-18,23-25H2,1,3H3. The number of carbonyl (C=O) groups is 1. The van der Waals surface area contributed by atoms with Crippen molar-refractivity contribution in [2.75, 3.05) is 13.2 Å². The average molecular weight is 479 g/mol. The van der Waals surface area contributed by atoms with E-state index in [2.05, 4.69) is 69.0 Å². The lowest BCUT2D eigenvalue weighted by Crippen LogP contribution is -2.02. The fraction of sp³-hybridized carbons (Fsp3) is 0.531. The molecule has 0 saturated heterocycles. The van der Waals surface area contributed by atoms with Gasteiger partial charge in [-0.2, -0.15) is 0 Å². The van der Waals surface area contributed by atoms with Gasteiger partial charge in [-0.05, 0) is 42.4 Å². The normalized spacial score (nSPS) is 11.7. The maximum Gasteiger partial charge on any atom is 0.330 e. The van der Waals surface area contributed by atoms with E-state index in [0.29, 0.717) is 12.5 Å². The van der Waals surface area contributed by atoms with E-state index in [1.807, 2.05) is 0 Å². The molecule has 0 aliphatic heterocycles. The Hall–Kier alpha value is -2.55. The molecule has 0 amide bonds. The number of rotatable bonds is 19. The highest BCUT2D eigenvalue weighted by Gasteiger charge is 2.10. The molecular formula is C32H46O3. The zero-order chi connectivity index (χ0) is 25.1. The zero-order valence-electron chi connectivity index (χ0n) is 22.1. The molecule has 0 fully saturated rings. The van der Waals surface area contributed by atoms with Crippen molar-refractivity contribution in [3.05, 3.63) is 66.7 Å². The molecule has 2 aromatic carbocycles. The first-order valence-corrected chi connectivity index (χ1v) is 13.7. The highest BCUT2D eigenvalue weighted by molar-refractivity contribution is 5.81. The first kappa shape index (κ1) is 28.7. The summed E-state index contributed by atoms with van der Waals surface area (Å²) in [5, 5.41) is 0. The Balaban J connectivity index is 1.62. The fourth-order valence-corrected chi connectivity index (χ4v) is 4.25. The number of benzene rings is 2. The number of esters is 1. The van der Waals surface area contributed by atoms with Crippen molar-refractivity contribution in [2.24, 2.45) is 5.92 Å². The van der Waals surface area contributed by atoms with Crippen LogP contribution < -0.4 is 4.74 Å². The van der Waals surface area contributed by atoms with Crippen LogP contribution in [-0.2, 0) is 16.0 Å². The van der Waals surface area contributed by atoms with Crippen LogP contribution in [0.4, 0.5) is 0 Å². The number of ether oxygens (including phenoxy) is 2. The highest BCUT2D eigenvalue weighted by atomic mass is 16.5. The average Bonchev–Trinajstić information content (AvgIpc) is 2.89. The Morgan fingerprint density at radius 1 is 0.857 bits per heavy atom. The SMILES string of the molecule is C=CC(=O)OCCCCCCCCCCCCOc1cc(CC(C)CC)ccc1-c1ccccc1.